The van der Waals surface area contributed by atoms with E-state index in [0.29, 0.717) is 64.2 Å². The maximum atomic E-state index is 15.7. The number of nitrogens with one attached hydrogen (secondary N) is 10. The van der Waals surface area contributed by atoms with Crippen LogP contribution in [-0.4, -0.2) is 301 Å². The number of hydrogen-bond donors (Lipinski definition) is 16. The van der Waals surface area contributed by atoms with E-state index in [4.69, 9.17) is 16.2 Å². The van der Waals surface area contributed by atoms with Crippen LogP contribution < -0.4 is 59.3 Å². The molecule has 14 atom stereocenters. The molecule has 0 aliphatic carbocycles. The van der Waals surface area contributed by atoms with Gasteiger partial charge in [0.25, 0.3) is 0 Å². The predicted octanol–water partition coefficient (Wildman–Crippen LogP) is -1.28. The Morgan fingerprint density at radius 3 is 1.76 bits per heavy atom. The number of carboxylic acids is 1. The number of unbranched alkanes of at least 4 members (excludes halogenated alkanes) is 2. The van der Waals surface area contributed by atoms with Crippen LogP contribution >= 0.6 is 0 Å². The zero-order chi connectivity index (χ0) is 92.5. The van der Waals surface area contributed by atoms with Crippen molar-refractivity contribution in [3.8, 4) is 5.75 Å². The number of aromatic amines is 1. The minimum atomic E-state index is -1.92. The van der Waals surface area contributed by atoms with Crippen molar-refractivity contribution in [2.75, 3.05) is 67.1 Å². The van der Waals surface area contributed by atoms with Crippen molar-refractivity contribution >= 4 is 116 Å². The third kappa shape index (κ3) is 26.7. The number of carbonyl (C=O) groups excluding carboxylic acids is 15. The molecular weight excluding hydrogens is 1630 g/mol. The third-order valence-electron chi connectivity index (χ3n) is 23.0. The Labute approximate surface area is 731 Å². The Morgan fingerprint density at radius 2 is 1.11 bits per heavy atom. The largest absolute Gasteiger partial charge is 0.508 e. The smallest absolute Gasteiger partial charge is 0.323 e. The summed E-state index contributed by atoms with van der Waals surface area (Å²) in [4.78, 5) is 241. The summed E-state index contributed by atoms with van der Waals surface area (Å²) in [5, 5.41) is 67.8. The number of aromatic nitrogens is 2. The number of para-hydroxylation sites is 2. The fourth-order valence-electron chi connectivity index (χ4n) is 16.1. The molecule has 3 saturated heterocycles. The van der Waals surface area contributed by atoms with Gasteiger partial charge in [-0.25, -0.2) is 0 Å². The first-order valence-electron chi connectivity index (χ1n) is 43.0. The molecule has 0 spiro atoms. The van der Waals surface area contributed by atoms with Crippen LogP contribution in [0.1, 0.15) is 142 Å². The number of hydrogen-bond acceptors (Lipinski definition) is 21. The van der Waals surface area contributed by atoms with Crippen LogP contribution in [0.3, 0.4) is 0 Å². The number of likely N-dealkylation sites (N-methyl/N-ethyl adjacent to an activating group) is 3. The predicted molar refractivity (Wildman–Crippen MR) is 460 cm³/mol. The van der Waals surface area contributed by atoms with Crippen molar-refractivity contribution in [2.24, 2.45) is 23.3 Å². The summed E-state index contributed by atoms with van der Waals surface area (Å²) in [6.45, 7) is 8.20. The molecule has 3 aromatic carbocycles. The Hall–Kier alpha value is -12.1. The lowest BCUT2D eigenvalue weighted by Crippen LogP contribution is -2.62. The van der Waals surface area contributed by atoms with Gasteiger partial charge in [0.1, 0.15) is 97.4 Å². The van der Waals surface area contributed by atoms with Crippen LogP contribution in [0.4, 0.5) is 0 Å². The Bertz CT molecular complexity index is 4710. The molecule has 126 heavy (non-hydrogen) atoms. The van der Waals surface area contributed by atoms with Crippen LogP contribution in [0.5, 0.6) is 5.75 Å². The number of H-pyrrole nitrogens is 1. The number of ether oxygens (including phenoxy) is 1. The van der Waals surface area contributed by atoms with Gasteiger partial charge in [-0.15, -0.1) is 0 Å². The Kier molecular flexibility index (Phi) is 36.9. The van der Waals surface area contributed by atoms with E-state index in [1.165, 1.54) is 68.0 Å². The van der Waals surface area contributed by atoms with E-state index in [9.17, 15) is 68.4 Å². The third-order valence-corrected chi connectivity index (χ3v) is 23.0. The number of amides is 15. The van der Waals surface area contributed by atoms with E-state index in [0.717, 1.165) is 19.6 Å². The van der Waals surface area contributed by atoms with Gasteiger partial charge in [0.2, 0.25) is 88.6 Å². The maximum absolute atomic E-state index is 15.7. The monoisotopic (exact) mass is 1760 g/mol. The molecule has 5 heterocycles. The summed E-state index contributed by atoms with van der Waals surface area (Å²) in [6.07, 6.45) is 1.81. The van der Waals surface area contributed by atoms with Gasteiger partial charge in [-0.05, 0) is 98.2 Å². The average molecular weight is 1760 g/mol. The number of phenolic OH excluding ortho intramolecular Hbond substituents is 1. The minimum Gasteiger partial charge on any atom is -0.508 e. The van der Waals surface area contributed by atoms with Crippen LogP contribution in [0.2, 0.25) is 0 Å². The number of rotatable bonds is 22. The number of carboxylic acid groups (broad SMARTS) is 1. The quantitative estimate of drug-likeness (QED) is 0.0384. The van der Waals surface area contributed by atoms with Crippen LogP contribution in [0.15, 0.2) is 85.2 Å². The van der Waals surface area contributed by atoms with Crippen molar-refractivity contribution in [3.05, 3.63) is 102 Å². The number of aliphatic hydroxyl groups excluding tert-OH is 2. The molecule has 39 heteroatoms. The first-order valence-corrected chi connectivity index (χ1v) is 43.0. The van der Waals surface area contributed by atoms with Gasteiger partial charge < -0.3 is 119 Å². The van der Waals surface area contributed by atoms with Crippen LogP contribution in [0, 0.1) is 11.8 Å². The van der Waals surface area contributed by atoms with Gasteiger partial charge in [-0.1, -0.05) is 116 Å². The summed E-state index contributed by atoms with van der Waals surface area (Å²) >= 11 is 0. The van der Waals surface area contributed by atoms with Crippen LogP contribution in [0.25, 0.3) is 21.8 Å². The molecule has 688 valence electrons. The second kappa shape index (κ2) is 46.7. The molecule has 39 nitrogen and oxygen atoms in total. The van der Waals surface area contributed by atoms with Crippen molar-refractivity contribution in [2.45, 2.75) is 236 Å². The van der Waals surface area contributed by atoms with Crippen molar-refractivity contribution in [3.63, 3.8) is 0 Å². The summed E-state index contributed by atoms with van der Waals surface area (Å²) in [5.74, 6) is -15.4. The summed E-state index contributed by atoms with van der Waals surface area (Å²) in [5.41, 5.74) is 14.2. The Morgan fingerprint density at radius 1 is 0.563 bits per heavy atom. The van der Waals surface area contributed by atoms with Crippen molar-refractivity contribution < 1.29 is 102 Å². The zero-order valence-corrected chi connectivity index (χ0v) is 73.2. The molecule has 3 aliphatic heterocycles. The molecule has 5 aromatic rings. The molecule has 1 unspecified atom stereocenters. The highest BCUT2D eigenvalue weighted by Gasteiger charge is 2.46. The van der Waals surface area contributed by atoms with Gasteiger partial charge in [-0.2, -0.15) is 0 Å². The highest BCUT2D eigenvalue weighted by molar-refractivity contribution is 6.02. The number of nitrogens with two attached hydrogens (primary N) is 2. The van der Waals surface area contributed by atoms with Gasteiger partial charge in [0.05, 0.1) is 25.7 Å². The number of aromatic hydroxyl groups is 1. The van der Waals surface area contributed by atoms with E-state index >= 15 is 28.8 Å². The SMILES string of the molecule is CCCC[C@H]1C(=O)N(C)[C@@H](CCCC)C(=O)N[C@@H](CC(C)C)C(=O)NCCOCC(=O)N[C@@H](Cc2ccc(O)cc2)C(=O)N(C)[C@@H](C)C(=O)N[C@@H](CC(N)=O)C(=O)N2CCCC2C(=O)N[C@@H](CN)C(=O)N[C@@H](CC(C)C)C(=O)N2C[C@H](O)C[C@H]2C(=O)N[C@@H](Cc2c[nH]c3ccccc23)C(=O)N[C@@H](CO)C(=O)N[C@@H](Cc2cn(CC(=O)O)c3ccccc23)C(=O)N1C. The van der Waals surface area contributed by atoms with Crippen molar-refractivity contribution in [1.29, 1.82) is 0 Å². The second-order valence-corrected chi connectivity index (χ2v) is 33.5. The molecular formula is C87H124N18O21. The van der Waals surface area contributed by atoms with Gasteiger partial charge in [-0.3, -0.25) is 76.7 Å². The van der Waals surface area contributed by atoms with E-state index in [-0.39, 0.29) is 95.1 Å². The minimum absolute atomic E-state index is 0.00457. The number of aliphatic carboxylic acids is 1. The van der Waals surface area contributed by atoms with Crippen molar-refractivity contribution in [1.82, 2.24) is 81.9 Å². The average Bonchev–Trinajstić information content (AvgIpc) is 1.60. The summed E-state index contributed by atoms with van der Waals surface area (Å²) in [7, 11) is 3.98. The molecule has 3 fully saturated rings. The number of carbonyl (C=O) groups is 16. The fourth-order valence-corrected chi connectivity index (χ4v) is 16.1. The normalized spacial score (nSPS) is 25.3. The van der Waals surface area contributed by atoms with Gasteiger partial charge in [0.15, 0.2) is 0 Å². The Balaban J connectivity index is 1.16. The number of benzene rings is 3. The number of primary amides is 1. The number of nitrogens with zero attached hydrogens (tertiary/aromatic N) is 6. The molecule has 0 bridgehead atoms. The lowest BCUT2D eigenvalue weighted by atomic mass is 9.99. The molecule has 8 rings (SSSR count). The fraction of sp³-hybridized carbons (Fsp3) is 0.563. The zero-order valence-electron chi connectivity index (χ0n) is 73.2. The van der Waals surface area contributed by atoms with Gasteiger partial charge >= 0.3 is 5.97 Å². The first-order chi connectivity index (χ1) is 59.9. The number of fused-ring (bicyclic) bond motifs is 4. The van der Waals surface area contributed by atoms with E-state index in [1.54, 1.807) is 68.6 Å². The summed E-state index contributed by atoms with van der Waals surface area (Å²) in [6, 6.07) is -0.239. The molecule has 15 amide bonds. The highest BCUT2D eigenvalue weighted by atomic mass is 16.5. The lowest BCUT2D eigenvalue weighted by molar-refractivity contribution is -0.149. The maximum Gasteiger partial charge on any atom is 0.323 e. The van der Waals surface area contributed by atoms with E-state index < -0.39 is 225 Å². The second-order valence-electron chi connectivity index (χ2n) is 33.5. The first kappa shape index (κ1) is 99.3. The van der Waals surface area contributed by atoms with Gasteiger partial charge in [0, 0.05) is 107 Å². The topological polar surface area (TPSA) is 560 Å². The van der Waals surface area contributed by atoms with Crippen LogP contribution in [-0.2, 0) is 107 Å². The number of aliphatic hydroxyl groups is 2. The number of phenols is 1. The molecule has 0 saturated carbocycles. The molecule has 18 N–H and O–H groups in total. The molecule has 3 aliphatic rings. The lowest BCUT2D eigenvalue weighted by Gasteiger charge is -2.36. The standard InChI is InChI=1S/C87H124N18O21/c1-11-13-23-68-80(118)93-59(34-48(3)4)76(114)90-31-33-126-47-73(110)92-62(36-51-27-29-54(107)30-28-51)83(121)100(8)50(7)75(113)95-64(40-72(89)109)85(123)104-32-19-26-69(104)81(119)98-65(41-88)78(116)96-61(35-49(5)6)86(124)105-44-55(108)39-71(105)82(120)94-60(37-52-42-91-58-22-17-15-20-56(52)58)77(115)99-66(46-106)79(117)97-63(84(122)102(10)70(24-14-12-2)87(125)101(68)9)38-53-43-103(45-74(111)112)67-25-18-16-21-57(53)67/h15-18,20-22,25,27-30,42-43,48-50,55,59-66,68-71,91,106-108H,11-14,19,23-24,26,31-41,44-47,88H2,1-10H3,(H2,89,109)(H,90,114)(H,92,110)(H,93,118)(H,94,120)(H,95,113)(H,96,116)(H,97,117)(H,98,119)(H,99,115)(H,111,112)/t50-,55+,59-,60-,61-,62-,63-,64-,65-,66-,68-,69?,70-,71-/m0/s1. The molecule has 0 radical (unpaired) electrons. The van der Waals surface area contributed by atoms with E-state index in [2.05, 4.69) is 52.8 Å². The molecule has 2 aromatic heterocycles. The van der Waals surface area contributed by atoms with E-state index in [1.807, 2.05) is 27.7 Å². The summed E-state index contributed by atoms with van der Waals surface area (Å²) < 4.78 is 7.13. The highest BCUT2D eigenvalue weighted by Crippen LogP contribution is 2.29.